The molecule has 3 heterocycles. The minimum atomic E-state index is -0.887. The predicted molar refractivity (Wildman–Crippen MR) is 207 cm³/mol. The van der Waals surface area contributed by atoms with Gasteiger partial charge in [0.1, 0.15) is 5.82 Å². The monoisotopic (exact) mass is 715 g/mol. The lowest BCUT2D eigenvalue weighted by Crippen LogP contribution is -2.61. The van der Waals surface area contributed by atoms with Gasteiger partial charge in [-0.15, -0.1) is 0 Å². The van der Waals surface area contributed by atoms with E-state index in [-0.39, 0.29) is 23.3 Å². The van der Waals surface area contributed by atoms with E-state index in [2.05, 4.69) is 75.9 Å². The molecule has 10 nitrogen and oxygen atoms in total. The third kappa shape index (κ3) is 8.13. The smallest absolute Gasteiger partial charge is 0.412 e. The molecular weight excluding hydrogens is 657 g/mol. The highest BCUT2D eigenvalue weighted by atomic mass is 19.1. The first-order valence-electron chi connectivity index (χ1n) is 18.8. The predicted octanol–water partition coefficient (Wildman–Crippen LogP) is 8.49. The fourth-order valence-corrected chi connectivity index (χ4v) is 7.72. The van der Waals surface area contributed by atoms with Crippen molar-refractivity contribution in [3.63, 3.8) is 0 Å². The minimum absolute atomic E-state index is 0.0838. The van der Waals surface area contributed by atoms with Crippen molar-refractivity contribution in [3.8, 4) is 0 Å². The molecule has 5 rings (SSSR count). The summed E-state index contributed by atoms with van der Waals surface area (Å²) in [5.41, 5.74) is 1.68. The van der Waals surface area contributed by atoms with Crippen LogP contribution in [0.25, 0.3) is 11.0 Å². The van der Waals surface area contributed by atoms with Crippen LogP contribution in [-0.2, 0) is 11.3 Å². The average Bonchev–Trinajstić information content (AvgIpc) is 3.46. The van der Waals surface area contributed by atoms with Gasteiger partial charge >= 0.3 is 6.09 Å². The molecule has 0 spiro atoms. The Morgan fingerprint density at radius 3 is 2.29 bits per heavy atom. The molecule has 52 heavy (non-hydrogen) atoms. The van der Waals surface area contributed by atoms with Crippen molar-refractivity contribution in [1.82, 2.24) is 24.0 Å². The van der Waals surface area contributed by atoms with Gasteiger partial charge < -0.3 is 19.1 Å². The normalized spacial score (nSPS) is 15.6. The molecule has 11 heteroatoms. The number of hydrogen-bond donors (Lipinski definition) is 0. The number of aromatic nitrogens is 4. The molecule has 0 radical (unpaired) electrons. The summed E-state index contributed by atoms with van der Waals surface area (Å²) in [7, 11) is 1.96. The lowest BCUT2D eigenvalue weighted by atomic mass is 9.81. The van der Waals surface area contributed by atoms with Crippen LogP contribution in [0.5, 0.6) is 0 Å². The summed E-state index contributed by atoms with van der Waals surface area (Å²) in [6.07, 6.45) is 3.63. The highest BCUT2D eigenvalue weighted by Crippen LogP contribution is 2.37. The number of fused-ring (bicyclic) bond motifs is 1. The maximum Gasteiger partial charge on any atom is 0.412 e. The van der Waals surface area contributed by atoms with Gasteiger partial charge in [-0.25, -0.2) is 23.7 Å². The first-order chi connectivity index (χ1) is 24.5. The number of halogens is 1. The summed E-state index contributed by atoms with van der Waals surface area (Å²) in [5.74, 6) is 1.68. The van der Waals surface area contributed by atoms with Crippen molar-refractivity contribution in [2.45, 2.75) is 118 Å². The van der Waals surface area contributed by atoms with Gasteiger partial charge in [-0.1, -0.05) is 58.4 Å². The van der Waals surface area contributed by atoms with Crippen LogP contribution in [0, 0.1) is 17.7 Å². The van der Waals surface area contributed by atoms with Crippen LogP contribution in [0.3, 0.4) is 0 Å². The van der Waals surface area contributed by atoms with E-state index in [9.17, 15) is 14.0 Å². The van der Waals surface area contributed by atoms with E-state index in [1.807, 2.05) is 47.2 Å². The number of anilines is 2. The maximum absolute atomic E-state index is 14.2. The van der Waals surface area contributed by atoms with E-state index < -0.39 is 23.4 Å². The number of nitrogens with zero attached hydrogens (tertiary/aromatic N) is 7. The van der Waals surface area contributed by atoms with Gasteiger partial charge in [0.05, 0.1) is 17.6 Å². The van der Waals surface area contributed by atoms with E-state index in [0.29, 0.717) is 18.4 Å². The molecule has 2 aromatic heterocycles. The molecule has 1 saturated heterocycles. The molecule has 0 bridgehead atoms. The quantitative estimate of drug-likeness (QED) is 0.137. The summed E-state index contributed by atoms with van der Waals surface area (Å²) >= 11 is 0. The number of ether oxygens (including phenoxy) is 1. The van der Waals surface area contributed by atoms with Crippen molar-refractivity contribution in [1.29, 1.82) is 0 Å². The Kier molecular flexibility index (Phi) is 11.7. The number of amides is 1. The zero-order valence-corrected chi connectivity index (χ0v) is 32.8. The summed E-state index contributed by atoms with van der Waals surface area (Å²) in [6, 6.07) is 16.2. The van der Waals surface area contributed by atoms with Crippen LogP contribution >= 0.6 is 0 Å². The third-order valence-corrected chi connectivity index (χ3v) is 11.3. The van der Waals surface area contributed by atoms with Crippen LogP contribution in [-0.4, -0.2) is 67.4 Å². The fourth-order valence-electron chi connectivity index (χ4n) is 7.72. The number of benzene rings is 2. The number of carbonyl (C=O) groups is 1. The number of piperidine rings is 1. The Labute approximate surface area is 308 Å². The van der Waals surface area contributed by atoms with Gasteiger partial charge in [0.15, 0.2) is 6.23 Å². The van der Waals surface area contributed by atoms with E-state index >= 15 is 0 Å². The second-order valence-corrected chi connectivity index (χ2v) is 16.1. The lowest BCUT2D eigenvalue weighted by Gasteiger charge is -2.51. The second-order valence-electron chi connectivity index (χ2n) is 16.1. The van der Waals surface area contributed by atoms with E-state index in [0.717, 1.165) is 61.3 Å². The largest absolute Gasteiger partial charge is 0.425 e. The summed E-state index contributed by atoms with van der Waals surface area (Å²) < 4.78 is 23.6. The Hall–Kier alpha value is -4.41. The Balaban J connectivity index is 1.35. The molecule has 0 N–H and O–H groups in total. The van der Waals surface area contributed by atoms with Crippen molar-refractivity contribution in [2.75, 3.05) is 29.9 Å². The SMILES string of the molecule is CCC(C)CC(C)(C)N(C(=O)OC(C)n1c(N(C)C2CCN(c3nc4ccccc4n3Cc3ccc(F)cc3)CC2)nccc1=O)C(C)(C)C(C)C. The van der Waals surface area contributed by atoms with Gasteiger partial charge in [-0.3, -0.25) is 9.69 Å². The first kappa shape index (κ1) is 38.8. The van der Waals surface area contributed by atoms with Crippen molar-refractivity contribution in [3.05, 3.63) is 82.5 Å². The molecule has 0 saturated carbocycles. The van der Waals surface area contributed by atoms with Gasteiger partial charge in [-0.05, 0) is 95.5 Å². The van der Waals surface area contributed by atoms with Crippen LogP contribution in [0.2, 0.25) is 0 Å². The fraction of sp³-hybridized carbons (Fsp3) is 0.561. The lowest BCUT2D eigenvalue weighted by molar-refractivity contribution is -0.0432. The van der Waals surface area contributed by atoms with Crippen molar-refractivity contribution in [2.24, 2.45) is 11.8 Å². The molecule has 2 atom stereocenters. The highest BCUT2D eigenvalue weighted by molar-refractivity contribution is 5.79. The van der Waals surface area contributed by atoms with Gasteiger partial charge in [0, 0.05) is 49.5 Å². The molecule has 2 unspecified atom stereocenters. The number of para-hydroxylation sites is 2. The molecular formula is C41H58FN7O3. The second kappa shape index (κ2) is 15.7. The molecule has 1 aliphatic heterocycles. The molecule has 0 aliphatic carbocycles. The standard InChI is InChI=1S/C41H58FN7O3/c1-11-29(4)26-40(6,7)49(41(8,9)28(2)3)39(51)52-30(5)48-36(50)20-23-43-37(48)45(10)33-21-24-46(25-22-33)38-44-34-14-12-13-15-35(34)47(38)27-31-16-18-32(42)19-17-31/h12-20,23,28-30,33H,11,21-22,24-27H2,1-10H3. The zero-order chi connectivity index (χ0) is 38.0. The molecule has 1 fully saturated rings. The molecule has 4 aromatic rings. The van der Waals surface area contributed by atoms with Crippen molar-refractivity contribution < 1.29 is 13.9 Å². The number of rotatable bonds is 13. The summed E-state index contributed by atoms with van der Waals surface area (Å²) in [6.45, 7) is 20.8. The summed E-state index contributed by atoms with van der Waals surface area (Å²) in [4.78, 5) is 43.6. The highest BCUT2D eigenvalue weighted by Gasteiger charge is 2.45. The molecule has 2 aromatic carbocycles. The molecule has 1 amide bonds. The minimum Gasteiger partial charge on any atom is -0.425 e. The molecule has 282 valence electrons. The van der Waals surface area contributed by atoms with Gasteiger partial charge in [0.25, 0.3) is 5.56 Å². The summed E-state index contributed by atoms with van der Waals surface area (Å²) in [5, 5.41) is 0. The van der Waals surface area contributed by atoms with E-state index in [1.165, 1.54) is 29.0 Å². The number of imidazole rings is 1. The molecule has 1 aliphatic rings. The van der Waals surface area contributed by atoms with E-state index in [1.54, 1.807) is 6.92 Å². The maximum atomic E-state index is 14.2. The Morgan fingerprint density at radius 1 is 1.00 bits per heavy atom. The van der Waals surface area contributed by atoms with Gasteiger partial charge in [-0.2, -0.15) is 0 Å². The van der Waals surface area contributed by atoms with Crippen LogP contribution in [0.1, 0.15) is 99.8 Å². The van der Waals surface area contributed by atoms with Crippen LogP contribution < -0.4 is 15.4 Å². The first-order valence-corrected chi connectivity index (χ1v) is 18.8. The number of hydrogen-bond acceptors (Lipinski definition) is 7. The third-order valence-electron chi connectivity index (χ3n) is 11.3. The average molecular weight is 716 g/mol. The number of carbonyl (C=O) groups excluding carboxylic acids is 1. The Bertz CT molecular complexity index is 1880. The van der Waals surface area contributed by atoms with Gasteiger partial charge in [0.2, 0.25) is 11.9 Å². The van der Waals surface area contributed by atoms with Crippen LogP contribution in [0.15, 0.2) is 65.6 Å². The topological polar surface area (TPSA) is 88.7 Å². The van der Waals surface area contributed by atoms with E-state index in [4.69, 9.17) is 9.72 Å². The Morgan fingerprint density at radius 2 is 1.65 bits per heavy atom. The van der Waals surface area contributed by atoms with Crippen LogP contribution in [0.4, 0.5) is 21.1 Å². The van der Waals surface area contributed by atoms with Crippen molar-refractivity contribution >= 4 is 29.0 Å². The zero-order valence-electron chi connectivity index (χ0n) is 32.8.